The van der Waals surface area contributed by atoms with Gasteiger partial charge in [0.1, 0.15) is 5.82 Å². The summed E-state index contributed by atoms with van der Waals surface area (Å²) in [7, 11) is 1.98. The van der Waals surface area contributed by atoms with Gasteiger partial charge in [-0.2, -0.15) is 0 Å². The molecule has 1 aliphatic carbocycles. The van der Waals surface area contributed by atoms with E-state index in [2.05, 4.69) is 10.3 Å². The molecular formula is C12H18ClN3. The van der Waals surface area contributed by atoms with Gasteiger partial charge in [-0.25, -0.2) is 4.98 Å². The van der Waals surface area contributed by atoms with Gasteiger partial charge in [0, 0.05) is 17.8 Å². The van der Waals surface area contributed by atoms with Crippen molar-refractivity contribution in [3.05, 3.63) is 22.8 Å². The van der Waals surface area contributed by atoms with Crippen molar-refractivity contribution in [1.29, 1.82) is 0 Å². The van der Waals surface area contributed by atoms with Crippen LogP contribution in [0.15, 0.2) is 12.3 Å². The van der Waals surface area contributed by atoms with Gasteiger partial charge in [-0.1, -0.05) is 24.4 Å². The second kappa shape index (κ2) is 5.02. The van der Waals surface area contributed by atoms with Crippen LogP contribution in [-0.4, -0.2) is 12.0 Å². The van der Waals surface area contributed by atoms with E-state index in [1.165, 1.54) is 25.7 Å². The molecule has 4 heteroatoms. The minimum absolute atomic E-state index is 0.286. The van der Waals surface area contributed by atoms with Crippen LogP contribution >= 0.6 is 11.6 Å². The zero-order chi connectivity index (χ0) is 11.5. The van der Waals surface area contributed by atoms with Crippen LogP contribution in [-0.2, 0) is 0 Å². The highest BCUT2D eigenvalue weighted by Crippen LogP contribution is 2.37. The predicted octanol–water partition coefficient (Wildman–Crippen LogP) is 2.77. The summed E-state index contributed by atoms with van der Waals surface area (Å²) >= 11 is 5.98. The van der Waals surface area contributed by atoms with E-state index in [1.54, 1.807) is 6.20 Å². The zero-order valence-corrected chi connectivity index (χ0v) is 10.3. The van der Waals surface area contributed by atoms with Crippen molar-refractivity contribution in [2.75, 3.05) is 12.8 Å². The number of nitrogen functional groups attached to an aromatic ring is 1. The van der Waals surface area contributed by atoms with E-state index in [0.717, 1.165) is 5.56 Å². The molecule has 3 N–H and O–H groups in total. The van der Waals surface area contributed by atoms with Crippen LogP contribution < -0.4 is 11.1 Å². The SMILES string of the molecule is CNC(c1cc(Cl)cnc1N)C1CCCC1. The molecule has 3 nitrogen and oxygen atoms in total. The summed E-state index contributed by atoms with van der Waals surface area (Å²) in [5, 5.41) is 4.00. The lowest BCUT2D eigenvalue weighted by Crippen LogP contribution is -2.24. The Labute approximate surface area is 101 Å². The van der Waals surface area contributed by atoms with Gasteiger partial charge >= 0.3 is 0 Å². The van der Waals surface area contributed by atoms with Gasteiger partial charge in [-0.05, 0) is 31.9 Å². The van der Waals surface area contributed by atoms with E-state index in [0.29, 0.717) is 16.8 Å². The fraction of sp³-hybridized carbons (Fsp3) is 0.583. The molecule has 0 spiro atoms. The molecule has 1 unspecified atom stereocenters. The van der Waals surface area contributed by atoms with Gasteiger partial charge in [0.15, 0.2) is 0 Å². The smallest absolute Gasteiger partial charge is 0.128 e. The molecule has 0 saturated heterocycles. The van der Waals surface area contributed by atoms with E-state index in [9.17, 15) is 0 Å². The number of nitrogens with one attached hydrogen (secondary N) is 1. The van der Waals surface area contributed by atoms with Gasteiger partial charge < -0.3 is 11.1 Å². The van der Waals surface area contributed by atoms with Crippen LogP contribution in [0, 0.1) is 5.92 Å². The predicted molar refractivity (Wildman–Crippen MR) is 67.4 cm³/mol. The molecule has 0 aliphatic heterocycles. The Balaban J connectivity index is 2.28. The van der Waals surface area contributed by atoms with Crippen LogP contribution in [0.4, 0.5) is 5.82 Å². The normalized spacial score (nSPS) is 18.9. The summed E-state index contributed by atoms with van der Waals surface area (Å²) in [5.41, 5.74) is 6.97. The van der Waals surface area contributed by atoms with E-state index >= 15 is 0 Å². The molecular weight excluding hydrogens is 222 g/mol. The monoisotopic (exact) mass is 239 g/mol. The van der Waals surface area contributed by atoms with Gasteiger partial charge in [-0.15, -0.1) is 0 Å². The average molecular weight is 240 g/mol. The van der Waals surface area contributed by atoms with Crippen molar-refractivity contribution in [3.8, 4) is 0 Å². The second-order valence-electron chi connectivity index (χ2n) is 4.44. The fourth-order valence-corrected chi connectivity index (χ4v) is 2.82. The van der Waals surface area contributed by atoms with Crippen LogP contribution in [0.5, 0.6) is 0 Å². The van der Waals surface area contributed by atoms with Crippen LogP contribution in [0.3, 0.4) is 0 Å². The Hall–Kier alpha value is -0.800. The Bertz CT molecular complexity index is 361. The third kappa shape index (κ3) is 2.30. The molecule has 0 bridgehead atoms. The lowest BCUT2D eigenvalue weighted by molar-refractivity contribution is 0.391. The minimum atomic E-state index is 0.286. The molecule has 1 aromatic heterocycles. The third-order valence-electron chi connectivity index (χ3n) is 3.43. The van der Waals surface area contributed by atoms with Crippen molar-refractivity contribution < 1.29 is 0 Å². The third-order valence-corrected chi connectivity index (χ3v) is 3.64. The second-order valence-corrected chi connectivity index (χ2v) is 4.88. The van der Waals surface area contributed by atoms with E-state index in [-0.39, 0.29) is 6.04 Å². The van der Waals surface area contributed by atoms with Crippen molar-refractivity contribution in [2.45, 2.75) is 31.7 Å². The van der Waals surface area contributed by atoms with E-state index in [1.807, 2.05) is 13.1 Å². The summed E-state index contributed by atoms with van der Waals surface area (Å²) < 4.78 is 0. The largest absolute Gasteiger partial charge is 0.383 e. The topological polar surface area (TPSA) is 50.9 Å². The van der Waals surface area contributed by atoms with Crippen molar-refractivity contribution in [2.24, 2.45) is 5.92 Å². The molecule has 16 heavy (non-hydrogen) atoms. The number of aromatic nitrogens is 1. The quantitative estimate of drug-likeness (QED) is 0.853. The van der Waals surface area contributed by atoms with Gasteiger partial charge in [0.25, 0.3) is 0 Å². The van der Waals surface area contributed by atoms with E-state index < -0.39 is 0 Å². The Morgan fingerprint density at radius 1 is 1.50 bits per heavy atom. The molecule has 1 saturated carbocycles. The highest BCUT2D eigenvalue weighted by Gasteiger charge is 2.26. The first kappa shape index (κ1) is 11.7. The summed E-state index contributed by atoms with van der Waals surface area (Å²) in [5.74, 6) is 1.25. The summed E-state index contributed by atoms with van der Waals surface area (Å²) in [6, 6.07) is 2.22. The fourth-order valence-electron chi connectivity index (χ4n) is 2.65. The molecule has 1 aromatic rings. The lowest BCUT2D eigenvalue weighted by atomic mass is 9.92. The molecule has 0 amide bonds. The van der Waals surface area contributed by atoms with Crippen LogP contribution in [0.2, 0.25) is 5.02 Å². The molecule has 1 atom stereocenters. The number of anilines is 1. The minimum Gasteiger partial charge on any atom is -0.383 e. The zero-order valence-electron chi connectivity index (χ0n) is 9.54. The number of nitrogens with two attached hydrogens (primary N) is 1. The molecule has 2 rings (SSSR count). The van der Waals surface area contributed by atoms with Crippen molar-refractivity contribution in [1.82, 2.24) is 10.3 Å². The molecule has 0 aromatic carbocycles. The number of hydrogen-bond donors (Lipinski definition) is 2. The number of hydrogen-bond acceptors (Lipinski definition) is 3. The lowest BCUT2D eigenvalue weighted by Gasteiger charge is -2.24. The van der Waals surface area contributed by atoms with Crippen LogP contribution in [0.25, 0.3) is 0 Å². The first-order valence-electron chi connectivity index (χ1n) is 5.80. The summed E-state index contributed by atoms with van der Waals surface area (Å²) in [6.07, 6.45) is 6.75. The molecule has 88 valence electrons. The average Bonchev–Trinajstić information content (AvgIpc) is 2.78. The standard InChI is InChI=1S/C12H18ClN3/c1-15-11(8-4-2-3-5-8)10-6-9(13)7-16-12(10)14/h6-8,11,15H,2-5H2,1H3,(H2,14,16). The highest BCUT2D eigenvalue weighted by atomic mass is 35.5. The summed E-state index contributed by atoms with van der Waals surface area (Å²) in [4.78, 5) is 4.12. The number of halogens is 1. The van der Waals surface area contributed by atoms with Gasteiger partial charge in [0.2, 0.25) is 0 Å². The Kier molecular flexibility index (Phi) is 3.66. The Morgan fingerprint density at radius 3 is 2.81 bits per heavy atom. The first-order chi connectivity index (χ1) is 7.72. The maximum atomic E-state index is 5.98. The Morgan fingerprint density at radius 2 is 2.19 bits per heavy atom. The summed E-state index contributed by atoms with van der Waals surface area (Å²) in [6.45, 7) is 0. The van der Waals surface area contributed by atoms with E-state index in [4.69, 9.17) is 17.3 Å². The maximum Gasteiger partial charge on any atom is 0.128 e. The molecule has 0 radical (unpaired) electrons. The molecule has 1 aliphatic rings. The maximum absolute atomic E-state index is 5.98. The van der Waals surface area contributed by atoms with Crippen LogP contribution in [0.1, 0.15) is 37.3 Å². The van der Waals surface area contributed by atoms with Gasteiger partial charge in [0.05, 0.1) is 5.02 Å². The van der Waals surface area contributed by atoms with Gasteiger partial charge in [-0.3, -0.25) is 0 Å². The number of nitrogens with zero attached hydrogens (tertiary/aromatic N) is 1. The molecule has 1 heterocycles. The number of rotatable bonds is 3. The van der Waals surface area contributed by atoms with Crippen molar-refractivity contribution in [3.63, 3.8) is 0 Å². The first-order valence-corrected chi connectivity index (χ1v) is 6.18. The van der Waals surface area contributed by atoms with Crippen molar-refractivity contribution >= 4 is 17.4 Å². The highest BCUT2D eigenvalue weighted by molar-refractivity contribution is 6.30. The molecule has 1 fully saturated rings. The number of pyridine rings is 1.